The van der Waals surface area contributed by atoms with Crippen molar-refractivity contribution in [1.82, 2.24) is 5.32 Å². The molecule has 3 aromatic carbocycles. The van der Waals surface area contributed by atoms with E-state index < -0.39 is 5.97 Å². The number of hydrogen-bond acceptors (Lipinski definition) is 6. The Kier molecular flexibility index (Phi) is 8.63. The maximum Gasteiger partial charge on any atom is 0.335 e. The van der Waals surface area contributed by atoms with Crippen LogP contribution in [0.5, 0.6) is 11.5 Å². The molecule has 0 spiro atoms. The lowest BCUT2D eigenvalue weighted by atomic mass is 10.1. The van der Waals surface area contributed by atoms with Crippen molar-refractivity contribution in [3.63, 3.8) is 0 Å². The first-order chi connectivity index (χ1) is 17.9. The standard InChI is InChI=1S/C28H27ClN2O5S/c1-3-17-7-11-21(12-8-17)30-28-31-26(32)24(37-28)15-19-13-22(29)25(23(14-19)35-4-2)36-16-18-5-9-20(10-6-18)27(33)34/h5-15,28,30H,3-4,16H2,1-2H3,(H,31,32)(H,33,34)/b24-15-/t28-/m1/s1. The number of thioether (sulfide) groups is 1. The van der Waals surface area contributed by atoms with E-state index in [4.69, 9.17) is 26.2 Å². The zero-order valence-corrected chi connectivity index (χ0v) is 22.0. The monoisotopic (exact) mass is 538 g/mol. The van der Waals surface area contributed by atoms with Gasteiger partial charge in [0.2, 0.25) is 0 Å². The summed E-state index contributed by atoms with van der Waals surface area (Å²) in [5.41, 5.74) is 3.59. The van der Waals surface area contributed by atoms with Crippen molar-refractivity contribution in [3.05, 3.63) is 92.8 Å². The fourth-order valence-corrected chi connectivity index (χ4v) is 4.94. The second-order valence-corrected chi connectivity index (χ2v) is 9.78. The second kappa shape index (κ2) is 12.1. The number of rotatable bonds is 10. The first-order valence-corrected chi connectivity index (χ1v) is 13.1. The number of anilines is 1. The summed E-state index contributed by atoms with van der Waals surface area (Å²) >= 11 is 7.94. The molecule has 0 bridgehead atoms. The van der Waals surface area contributed by atoms with Crippen LogP contribution in [0.15, 0.2) is 65.6 Å². The number of amides is 1. The van der Waals surface area contributed by atoms with Crippen LogP contribution in [-0.4, -0.2) is 29.1 Å². The van der Waals surface area contributed by atoms with E-state index in [1.807, 2.05) is 19.1 Å². The van der Waals surface area contributed by atoms with Gasteiger partial charge in [-0.3, -0.25) is 4.79 Å². The number of aryl methyl sites for hydroxylation is 1. The molecule has 9 heteroatoms. The number of benzene rings is 3. The van der Waals surface area contributed by atoms with Crippen molar-refractivity contribution < 1.29 is 24.2 Å². The molecule has 3 aromatic rings. The van der Waals surface area contributed by atoms with Crippen LogP contribution in [0.25, 0.3) is 6.08 Å². The number of nitrogens with one attached hydrogen (secondary N) is 2. The fourth-order valence-electron chi connectivity index (χ4n) is 3.68. The van der Waals surface area contributed by atoms with Gasteiger partial charge in [0.1, 0.15) is 6.61 Å². The summed E-state index contributed by atoms with van der Waals surface area (Å²) in [4.78, 5) is 24.2. The summed E-state index contributed by atoms with van der Waals surface area (Å²) in [5.74, 6) is -0.322. The van der Waals surface area contributed by atoms with Crippen molar-refractivity contribution in [1.29, 1.82) is 0 Å². The Hall–Kier alpha value is -3.62. The summed E-state index contributed by atoms with van der Waals surface area (Å²) in [7, 11) is 0. The molecule has 0 aliphatic carbocycles. The van der Waals surface area contributed by atoms with Crippen molar-refractivity contribution in [2.75, 3.05) is 11.9 Å². The number of carbonyl (C=O) groups excluding carboxylic acids is 1. The van der Waals surface area contributed by atoms with Gasteiger partial charge >= 0.3 is 5.97 Å². The summed E-state index contributed by atoms with van der Waals surface area (Å²) in [5, 5.41) is 15.7. The Balaban J connectivity index is 1.47. The van der Waals surface area contributed by atoms with Gasteiger partial charge in [-0.05, 0) is 72.5 Å². The minimum atomic E-state index is -0.985. The van der Waals surface area contributed by atoms with Gasteiger partial charge in [0.15, 0.2) is 17.0 Å². The second-order valence-electron chi connectivity index (χ2n) is 8.23. The lowest BCUT2D eigenvalue weighted by Gasteiger charge is -2.15. The summed E-state index contributed by atoms with van der Waals surface area (Å²) in [6.07, 6.45) is 2.74. The first-order valence-electron chi connectivity index (χ1n) is 11.8. The average molecular weight is 539 g/mol. The lowest BCUT2D eigenvalue weighted by molar-refractivity contribution is -0.116. The Bertz CT molecular complexity index is 1310. The Morgan fingerprint density at radius 2 is 1.78 bits per heavy atom. The zero-order valence-electron chi connectivity index (χ0n) is 20.4. The van der Waals surface area contributed by atoms with Crippen LogP contribution in [-0.2, 0) is 17.8 Å². The van der Waals surface area contributed by atoms with Crippen molar-refractivity contribution >= 4 is 47.0 Å². The fraction of sp³-hybridized carbons (Fsp3) is 0.214. The van der Waals surface area contributed by atoms with Gasteiger partial charge in [-0.1, -0.05) is 54.6 Å². The topological polar surface area (TPSA) is 96.9 Å². The lowest BCUT2D eigenvalue weighted by Crippen LogP contribution is -2.30. The summed E-state index contributed by atoms with van der Waals surface area (Å²) < 4.78 is 11.7. The molecule has 0 saturated carbocycles. The van der Waals surface area contributed by atoms with Gasteiger partial charge in [0.25, 0.3) is 5.91 Å². The number of carboxylic acids is 1. The van der Waals surface area contributed by atoms with Crippen LogP contribution >= 0.6 is 23.4 Å². The molecule has 1 fully saturated rings. The minimum absolute atomic E-state index is 0.174. The molecule has 192 valence electrons. The molecule has 1 heterocycles. The van der Waals surface area contributed by atoms with Gasteiger partial charge in [0.05, 0.1) is 22.1 Å². The van der Waals surface area contributed by atoms with E-state index in [1.54, 1.807) is 30.3 Å². The van der Waals surface area contributed by atoms with Crippen molar-refractivity contribution in [2.45, 2.75) is 32.4 Å². The highest BCUT2D eigenvalue weighted by Gasteiger charge is 2.27. The van der Waals surface area contributed by atoms with Gasteiger partial charge in [-0.15, -0.1) is 0 Å². The van der Waals surface area contributed by atoms with Gasteiger partial charge < -0.3 is 25.2 Å². The van der Waals surface area contributed by atoms with E-state index in [2.05, 4.69) is 29.7 Å². The van der Waals surface area contributed by atoms with Gasteiger partial charge in [-0.2, -0.15) is 0 Å². The molecule has 1 amide bonds. The van der Waals surface area contributed by atoms with Crippen molar-refractivity contribution in [3.8, 4) is 11.5 Å². The Labute approximate surface area is 224 Å². The third kappa shape index (κ3) is 6.78. The van der Waals surface area contributed by atoms with Crippen LogP contribution in [0.1, 0.15) is 40.9 Å². The quantitative estimate of drug-likeness (QED) is 0.265. The van der Waals surface area contributed by atoms with E-state index >= 15 is 0 Å². The Morgan fingerprint density at radius 1 is 1.08 bits per heavy atom. The van der Waals surface area contributed by atoms with Crippen LogP contribution in [0.4, 0.5) is 5.69 Å². The molecule has 1 atom stereocenters. The smallest absolute Gasteiger partial charge is 0.335 e. The van der Waals surface area contributed by atoms with E-state index in [-0.39, 0.29) is 23.6 Å². The van der Waals surface area contributed by atoms with Gasteiger partial charge in [0, 0.05) is 5.69 Å². The predicted molar refractivity (Wildman–Crippen MR) is 147 cm³/mol. The Morgan fingerprint density at radius 3 is 2.43 bits per heavy atom. The summed E-state index contributed by atoms with van der Waals surface area (Å²) in [6.45, 7) is 4.55. The number of aromatic carboxylic acids is 1. The van der Waals surface area contributed by atoms with Crippen LogP contribution < -0.4 is 20.1 Å². The zero-order chi connectivity index (χ0) is 26.4. The number of halogens is 1. The molecular weight excluding hydrogens is 512 g/mol. The molecule has 0 unspecified atom stereocenters. The van der Waals surface area contributed by atoms with Crippen LogP contribution in [0, 0.1) is 0 Å². The third-order valence-electron chi connectivity index (χ3n) is 5.60. The summed E-state index contributed by atoms with van der Waals surface area (Å²) in [6, 6.07) is 18.0. The molecule has 7 nitrogen and oxygen atoms in total. The van der Waals surface area contributed by atoms with E-state index in [0.29, 0.717) is 33.6 Å². The molecule has 3 N–H and O–H groups in total. The number of carbonyl (C=O) groups is 2. The number of carboxylic acid groups (broad SMARTS) is 1. The highest BCUT2D eigenvalue weighted by molar-refractivity contribution is 8.05. The van der Waals surface area contributed by atoms with E-state index in [0.717, 1.165) is 17.7 Å². The van der Waals surface area contributed by atoms with Crippen molar-refractivity contribution in [2.24, 2.45) is 0 Å². The SMILES string of the molecule is CCOc1cc(/C=C2\S[C@H](Nc3ccc(CC)cc3)NC2=O)cc(Cl)c1OCc1ccc(C(=O)O)cc1. The highest BCUT2D eigenvalue weighted by Crippen LogP contribution is 2.39. The molecule has 1 saturated heterocycles. The van der Waals surface area contributed by atoms with Gasteiger partial charge in [-0.25, -0.2) is 4.79 Å². The van der Waals surface area contributed by atoms with E-state index in [1.165, 1.54) is 29.5 Å². The molecule has 0 radical (unpaired) electrons. The average Bonchev–Trinajstić information content (AvgIpc) is 3.22. The van der Waals surface area contributed by atoms with Crippen LogP contribution in [0.2, 0.25) is 5.02 Å². The first kappa shape index (κ1) is 26.4. The normalized spacial score (nSPS) is 15.9. The molecule has 1 aliphatic heterocycles. The van der Waals surface area contributed by atoms with Crippen LogP contribution in [0.3, 0.4) is 0 Å². The molecule has 37 heavy (non-hydrogen) atoms. The maximum atomic E-state index is 12.6. The molecule has 0 aromatic heterocycles. The third-order valence-corrected chi connectivity index (χ3v) is 6.91. The van der Waals surface area contributed by atoms with E-state index in [9.17, 15) is 9.59 Å². The largest absolute Gasteiger partial charge is 0.490 e. The maximum absolute atomic E-state index is 12.6. The molecule has 1 aliphatic rings. The minimum Gasteiger partial charge on any atom is -0.490 e. The predicted octanol–water partition coefficient (Wildman–Crippen LogP) is 6.18. The number of ether oxygens (including phenoxy) is 2. The molecular formula is C28H27ClN2O5S. The molecule has 4 rings (SSSR count). The highest BCUT2D eigenvalue weighted by atomic mass is 35.5. The number of hydrogen-bond donors (Lipinski definition) is 3.